The van der Waals surface area contributed by atoms with Crippen molar-refractivity contribution in [2.45, 2.75) is 32.8 Å². The maximum atomic E-state index is 12.9. The lowest BCUT2D eigenvalue weighted by atomic mass is 9.65. The van der Waals surface area contributed by atoms with Crippen molar-refractivity contribution >= 4 is 5.78 Å². The minimum absolute atomic E-state index is 0.0985. The molecule has 106 valence electrons. The zero-order valence-corrected chi connectivity index (χ0v) is 12.1. The van der Waals surface area contributed by atoms with E-state index in [0.717, 1.165) is 6.42 Å². The van der Waals surface area contributed by atoms with Gasteiger partial charge in [-0.3, -0.25) is 4.79 Å². The minimum Gasteiger partial charge on any atom is -0.381 e. The summed E-state index contributed by atoms with van der Waals surface area (Å²) in [5.74, 6) is 0.0574. The first-order valence-corrected chi connectivity index (χ1v) is 7.29. The Morgan fingerprint density at radius 3 is 2.55 bits per heavy atom. The summed E-state index contributed by atoms with van der Waals surface area (Å²) in [4.78, 5) is 12.9. The number of rotatable bonds is 5. The van der Waals surface area contributed by atoms with Crippen molar-refractivity contribution in [3.63, 3.8) is 0 Å². The second-order valence-electron chi connectivity index (χ2n) is 5.33. The van der Waals surface area contributed by atoms with Gasteiger partial charge in [0.15, 0.2) is 5.78 Å². The molecule has 1 aliphatic carbocycles. The molecule has 0 spiro atoms. The second kappa shape index (κ2) is 6.19. The fourth-order valence-corrected chi connectivity index (χ4v) is 3.08. The highest BCUT2D eigenvalue weighted by molar-refractivity contribution is 5.92. The number of hydrogen-bond acceptors (Lipinski definition) is 2. The Morgan fingerprint density at radius 2 is 1.95 bits per heavy atom. The van der Waals surface area contributed by atoms with E-state index in [2.05, 4.69) is 13.0 Å². The van der Waals surface area contributed by atoms with Crippen LogP contribution in [0.5, 0.6) is 0 Å². The van der Waals surface area contributed by atoms with Gasteiger partial charge in [0.2, 0.25) is 0 Å². The number of aliphatic hydroxyl groups is 1. The first kappa shape index (κ1) is 14.7. The molecule has 2 nitrogen and oxygen atoms in total. The first-order valence-electron chi connectivity index (χ1n) is 7.29. The molecule has 0 aromatic heterocycles. The third kappa shape index (κ3) is 2.48. The number of allylic oxidation sites excluding steroid dienone is 4. The van der Waals surface area contributed by atoms with Crippen LogP contribution in [0.4, 0.5) is 0 Å². The average Bonchev–Trinajstić information content (AvgIpc) is 2.54. The second-order valence-corrected chi connectivity index (χ2v) is 5.33. The van der Waals surface area contributed by atoms with Crippen LogP contribution in [0.1, 0.15) is 38.4 Å². The van der Waals surface area contributed by atoms with Gasteiger partial charge >= 0.3 is 0 Å². The van der Waals surface area contributed by atoms with Gasteiger partial charge in [0.25, 0.3) is 0 Å². The Labute approximate surface area is 120 Å². The average molecular weight is 270 g/mol. The molecule has 0 amide bonds. The summed E-state index contributed by atoms with van der Waals surface area (Å²) in [6.07, 6.45) is 8.50. The molecular formula is C18H22O2. The zero-order chi connectivity index (χ0) is 14.6. The van der Waals surface area contributed by atoms with Crippen LogP contribution < -0.4 is 0 Å². The van der Waals surface area contributed by atoms with E-state index in [4.69, 9.17) is 0 Å². The maximum absolute atomic E-state index is 12.9. The number of carbonyl (C=O) groups is 1. The monoisotopic (exact) mass is 270 g/mol. The molecule has 3 unspecified atom stereocenters. The summed E-state index contributed by atoms with van der Waals surface area (Å²) < 4.78 is 0. The van der Waals surface area contributed by atoms with Gasteiger partial charge in [0.1, 0.15) is 6.10 Å². The minimum atomic E-state index is -1.05. The third-order valence-corrected chi connectivity index (χ3v) is 4.36. The number of Topliss-reactive ketones (excluding diaryl/α,β-unsaturated/α-hetero) is 1. The van der Waals surface area contributed by atoms with Crippen LogP contribution in [0.3, 0.4) is 0 Å². The van der Waals surface area contributed by atoms with Crippen LogP contribution in [0.2, 0.25) is 0 Å². The Bertz CT molecular complexity index is 515. The summed E-state index contributed by atoms with van der Waals surface area (Å²) in [5.41, 5.74) is 0.0850. The van der Waals surface area contributed by atoms with Crippen molar-refractivity contribution in [2.24, 2.45) is 11.3 Å². The number of hydrogen-bond donors (Lipinski definition) is 1. The van der Waals surface area contributed by atoms with Gasteiger partial charge in [-0.05, 0) is 24.3 Å². The van der Waals surface area contributed by atoms with Crippen LogP contribution in [0.15, 0.2) is 54.6 Å². The number of ketones is 1. The summed E-state index contributed by atoms with van der Waals surface area (Å²) in [6.45, 7) is 4.10. The highest BCUT2D eigenvalue weighted by atomic mass is 16.3. The molecular weight excluding hydrogens is 248 g/mol. The molecule has 2 rings (SSSR count). The normalized spacial score (nSPS) is 26.4. The lowest BCUT2D eigenvalue weighted by Gasteiger charge is -2.37. The molecule has 20 heavy (non-hydrogen) atoms. The molecule has 0 bridgehead atoms. The summed E-state index contributed by atoms with van der Waals surface area (Å²) in [7, 11) is 0. The molecule has 0 radical (unpaired) electrons. The summed E-state index contributed by atoms with van der Waals surface area (Å²) >= 11 is 0. The van der Waals surface area contributed by atoms with E-state index in [-0.39, 0.29) is 11.7 Å². The van der Waals surface area contributed by atoms with E-state index in [0.29, 0.717) is 12.0 Å². The van der Waals surface area contributed by atoms with E-state index in [1.807, 2.05) is 43.4 Å². The standard InChI is InChI=1S/C18H22O2/c1-3-15-12-8-9-13-18(15,4-2)17(20)16(19)14-10-6-5-7-11-14/h5-13,15-16,19H,3-4H2,1-2H3. The van der Waals surface area contributed by atoms with Gasteiger partial charge in [0.05, 0.1) is 5.41 Å². The van der Waals surface area contributed by atoms with Crippen LogP contribution in [0, 0.1) is 11.3 Å². The molecule has 2 heteroatoms. The van der Waals surface area contributed by atoms with E-state index in [1.54, 1.807) is 12.1 Å². The molecule has 0 fully saturated rings. The third-order valence-electron chi connectivity index (χ3n) is 4.36. The van der Waals surface area contributed by atoms with E-state index in [9.17, 15) is 9.90 Å². The van der Waals surface area contributed by atoms with E-state index >= 15 is 0 Å². The van der Waals surface area contributed by atoms with Gasteiger partial charge in [-0.15, -0.1) is 0 Å². The SMILES string of the molecule is CCC1C=CC=CC1(CC)C(=O)C(O)c1ccccc1. The van der Waals surface area contributed by atoms with Crippen molar-refractivity contribution in [1.82, 2.24) is 0 Å². The fraction of sp³-hybridized carbons (Fsp3) is 0.389. The molecule has 0 saturated carbocycles. The molecule has 0 heterocycles. The Hall–Kier alpha value is -1.67. The molecule has 0 aliphatic heterocycles. The lowest BCUT2D eigenvalue weighted by molar-refractivity contribution is -0.137. The molecule has 1 aromatic rings. The van der Waals surface area contributed by atoms with Gasteiger partial charge in [-0.2, -0.15) is 0 Å². The molecule has 1 aromatic carbocycles. The van der Waals surface area contributed by atoms with Gasteiger partial charge < -0.3 is 5.11 Å². The van der Waals surface area contributed by atoms with Crippen LogP contribution in [0.25, 0.3) is 0 Å². The summed E-state index contributed by atoms with van der Waals surface area (Å²) in [5, 5.41) is 10.4. The van der Waals surface area contributed by atoms with Gasteiger partial charge in [-0.1, -0.05) is 68.5 Å². The molecule has 1 N–H and O–H groups in total. The van der Waals surface area contributed by atoms with Crippen LogP contribution in [-0.4, -0.2) is 10.9 Å². The quantitative estimate of drug-likeness (QED) is 0.882. The van der Waals surface area contributed by atoms with Crippen molar-refractivity contribution < 1.29 is 9.90 Å². The number of carbonyl (C=O) groups excluding carboxylic acids is 1. The van der Waals surface area contributed by atoms with E-state index < -0.39 is 11.5 Å². The van der Waals surface area contributed by atoms with Crippen molar-refractivity contribution in [3.8, 4) is 0 Å². The predicted molar refractivity (Wildman–Crippen MR) is 81.2 cm³/mol. The Kier molecular flexibility index (Phi) is 4.56. The van der Waals surface area contributed by atoms with Crippen LogP contribution >= 0.6 is 0 Å². The molecule has 0 saturated heterocycles. The summed E-state index contributed by atoms with van der Waals surface area (Å²) in [6, 6.07) is 9.18. The van der Waals surface area contributed by atoms with Crippen LogP contribution in [-0.2, 0) is 4.79 Å². The molecule has 1 aliphatic rings. The Morgan fingerprint density at radius 1 is 1.25 bits per heavy atom. The largest absolute Gasteiger partial charge is 0.381 e. The predicted octanol–water partition coefficient (Wildman–Crippen LogP) is 3.84. The zero-order valence-electron chi connectivity index (χ0n) is 12.1. The first-order chi connectivity index (χ1) is 9.65. The highest BCUT2D eigenvalue weighted by Crippen LogP contribution is 2.42. The van der Waals surface area contributed by atoms with Crippen molar-refractivity contribution in [3.05, 3.63) is 60.2 Å². The topological polar surface area (TPSA) is 37.3 Å². The smallest absolute Gasteiger partial charge is 0.176 e. The number of aliphatic hydroxyl groups excluding tert-OH is 1. The van der Waals surface area contributed by atoms with Crippen molar-refractivity contribution in [1.29, 1.82) is 0 Å². The highest BCUT2D eigenvalue weighted by Gasteiger charge is 2.43. The van der Waals surface area contributed by atoms with E-state index in [1.165, 1.54) is 0 Å². The van der Waals surface area contributed by atoms with Crippen molar-refractivity contribution in [2.75, 3.05) is 0 Å². The number of benzene rings is 1. The fourth-order valence-electron chi connectivity index (χ4n) is 3.08. The Balaban J connectivity index is 2.34. The lowest BCUT2D eigenvalue weighted by Crippen LogP contribution is -2.39. The van der Waals surface area contributed by atoms with Gasteiger partial charge in [0, 0.05) is 0 Å². The van der Waals surface area contributed by atoms with Gasteiger partial charge in [-0.25, -0.2) is 0 Å². The maximum Gasteiger partial charge on any atom is 0.176 e. The molecule has 3 atom stereocenters.